The minimum atomic E-state index is 0. The van der Waals surface area contributed by atoms with E-state index < -0.39 is 0 Å². The molecule has 0 aromatic heterocycles. The fourth-order valence-electron chi connectivity index (χ4n) is 2.94. The smallest absolute Gasteiger partial charge is 0.191 e. The lowest BCUT2D eigenvalue weighted by Gasteiger charge is -2.21. The fourth-order valence-corrected chi connectivity index (χ4v) is 2.94. The maximum absolute atomic E-state index is 5.48. The number of hydrogen-bond donors (Lipinski definition) is 2. The predicted octanol–water partition coefficient (Wildman–Crippen LogP) is 4.04. The maximum Gasteiger partial charge on any atom is 0.191 e. The van der Waals surface area contributed by atoms with Crippen molar-refractivity contribution >= 4 is 29.9 Å². The first kappa shape index (κ1) is 20.1. The standard InChI is InChI=1S/C18H29N3O.HI/c1-6-7-14-11-16(14)21-18(19-4)20-13(3)15-10-12(2)8-9-17(15)22-5;/h8-10,13-14,16H,6-7,11H2,1-5H3,(H2,19,20,21);1H. The number of aryl methyl sites for hydroxylation is 1. The third-order valence-corrected chi connectivity index (χ3v) is 4.33. The van der Waals surface area contributed by atoms with Crippen LogP contribution in [-0.2, 0) is 0 Å². The van der Waals surface area contributed by atoms with Gasteiger partial charge in [-0.05, 0) is 38.7 Å². The molecule has 0 aliphatic heterocycles. The van der Waals surface area contributed by atoms with Crippen molar-refractivity contribution in [3.63, 3.8) is 0 Å². The molecule has 0 spiro atoms. The summed E-state index contributed by atoms with van der Waals surface area (Å²) in [5.41, 5.74) is 2.39. The Labute approximate surface area is 157 Å². The molecule has 3 atom stereocenters. The number of guanidine groups is 1. The summed E-state index contributed by atoms with van der Waals surface area (Å²) in [7, 11) is 3.54. The minimum absolute atomic E-state index is 0. The predicted molar refractivity (Wildman–Crippen MR) is 108 cm³/mol. The lowest BCUT2D eigenvalue weighted by molar-refractivity contribution is 0.405. The quantitative estimate of drug-likeness (QED) is 0.406. The monoisotopic (exact) mass is 431 g/mol. The molecular weight excluding hydrogens is 401 g/mol. The molecule has 23 heavy (non-hydrogen) atoms. The van der Waals surface area contributed by atoms with Crippen LogP contribution in [-0.4, -0.2) is 26.2 Å². The van der Waals surface area contributed by atoms with Crippen molar-refractivity contribution in [2.75, 3.05) is 14.2 Å². The Hall–Kier alpha value is -0.980. The molecule has 3 unspecified atom stereocenters. The van der Waals surface area contributed by atoms with Gasteiger partial charge in [0.2, 0.25) is 0 Å². The fraction of sp³-hybridized carbons (Fsp3) is 0.611. The van der Waals surface area contributed by atoms with Gasteiger partial charge in [0, 0.05) is 18.7 Å². The van der Waals surface area contributed by atoms with Gasteiger partial charge in [0.15, 0.2) is 5.96 Å². The molecule has 5 heteroatoms. The molecule has 0 bridgehead atoms. The molecule has 4 nitrogen and oxygen atoms in total. The zero-order valence-corrected chi connectivity index (χ0v) is 17.2. The first-order valence-corrected chi connectivity index (χ1v) is 8.23. The first-order chi connectivity index (χ1) is 10.6. The Morgan fingerprint density at radius 2 is 2.17 bits per heavy atom. The van der Waals surface area contributed by atoms with E-state index in [0.29, 0.717) is 6.04 Å². The molecule has 1 aliphatic rings. The van der Waals surface area contributed by atoms with Gasteiger partial charge in [-0.25, -0.2) is 0 Å². The maximum atomic E-state index is 5.48. The van der Waals surface area contributed by atoms with Crippen molar-refractivity contribution < 1.29 is 4.74 Å². The first-order valence-electron chi connectivity index (χ1n) is 8.23. The van der Waals surface area contributed by atoms with E-state index in [-0.39, 0.29) is 30.0 Å². The van der Waals surface area contributed by atoms with Crippen molar-refractivity contribution in [3.05, 3.63) is 29.3 Å². The van der Waals surface area contributed by atoms with Crippen LogP contribution in [0.2, 0.25) is 0 Å². The highest BCUT2D eigenvalue weighted by Crippen LogP contribution is 2.34. The summed E-state index contributed by atoms with van der Waals surface area (Å²) in [4.78, 5) is 4.36. The van der Waals surface area contributed by atoms with Crippen molar-refractivity contribution in [2.24, 2.45) is 10.9 Å². The van der Waals surface area contributed by atoms with Crippen molar-refractivity contribution in [1.82, 2.24) is 10.6 Å². The highest BCUT2D eigenvalue weighted by Gasteiger charge is 2.36. The molecule has 1 aromatic carbocycles. The number of methoxy groups -OCH3 is 1. The lowest BCUT2D eigenvalue weighted by atomic mass is 10.0. The minimum Gasteiger partial charge on any atom is -0.496 e. The number of nitrogens with one attached hydrogen (secondary N) is 2. The van der Waals surface area contributed by atoms with Gasteiger partial charge in [0.05, 0.1) is 13.2 Å². The van der Waals surface area contributed by atoms with E-state index in [0.717, 1.165) is 23.2 Å². The van der Waals surface area contributed by atoms with Gasteiger partial charge in [0.25, 0.3) is 0 Å². The third-order valence-electron chi connectivity index (χ3n) is 4.33. The second-order valence-electron chi connectivity index (χ2n) is 6.22. The van der Waals surface area contributed by atoms with E-state index >= 15 is 0 Å². The molecule has 0 amide bonds. The topological polar surface area (TPSA) is 45.7 Å². The van der Waals surface area contributed by atoms with Crippen LogP contribution in [0.5, 0.6) is 5.75 Å². The van der Waals surface area contributed by atoms with Crippen LogP contribution in [0.25, 0.3) is 0 Å². The molecule has 1 fully saturated rings. The Balaban J connectivity index is 0.00000264. The Bertz CT molecular complexity index is 533. The Morgan fingerprint density at radius 1 is 1.43 bits per heavy atom. The number of benzene rings is 1. The Kier molecular flexibility index (Phi) is 8.16. The summed E-state index contributed by atoms with van der Waals surface area (Å²) in [6, 6.07) is 6.99. The van der Waals surface area contributed by atoms with Gasteiger partial charge < -0.3 is 15.4 Å². The van der Waals surface area contributed by atoms with Crippen LogP contribution in [0.4, 0.5) is 0 Å². The van der Waals surface area contributed by atoms with Crippen LogP contribution in [0.3, 0.4) is 0 Å². The average Bonchev–Trinajstić information content (AvgIpc) is 3.24. The summed E-state index contributed by atoms with van der Waals surface area (Å²) in [5.74, 6) is 2.60. The summed E-state index contributed by atoms with van der Waals surface area (Å²) in [6.45, 7) is 6.48. The van der Waals surface area contributed by atoms with E-state index in [9.17, 15) is 0 Å². The lowest BCUT2D eigenvalue weighted by Crippen LogP contribution is -2.40. The largest absolute Gasteiger partial charge is 0.496 e. The zero-order chi connectivity index (χ0) is 16.1. The molecule has 1 aliphatic carbocycles. The van der Waals surface area contributed by atoms with Crippen LogP contribution in [0.1, 0.15) is 50.3 Å². The normalized spacial score (nSPS) is 21.2. The number of rotatable bonds is 6. The third kappa shape index (κ3) is 5.55. The van der Waals surface area contributed by atoms with Gasteiger partial charge in [-0.3, -0.25) is 4.99 Å². The second kappa shape index (κ2) is 9.35. The van der Waals surface area contributed by atoms with E-state index in [1.54, 1.807) is 7.11 Å². The molecule has 1 saturated carbocycles. The molecule has 2 rings (SSSR count). The molecule has 130 valence electrons. The second-order valence-corrected chi connectivity index (χ2v) is 6.22. The van der Waals surface area contributed by atoms with Gasteiger partial charge in [-0.1, -0.05) is 31.0 Å². The number of nitrogens with zero attached hydrogens (tertiary/aromatic N) is 1. The number of aliphatic imine (C=N–C) groups is 1. The SMILES string of the molecule is CCCC1CC1NC(=NC)NC(C)c1cc(C)ccc1OC.I. The highest BCUT2D eigenvalue weighted by molar-refractivity contribution is 14.0. The number of halogens is 1. The number of hydrogen-bond acceptors (Lipinski definition) is 2. The zero-order valence-electron chi connectivity index (χ0n) is 14.8. The van der Waals surface area contributed by atoms with Gasteiger partial charge in [-0.2, -0.15) is 0 Å². The van der Waals surface area contributed by atoms with Crippen LogP contribution in [0, 0.1) is 12.8 Å². The van der Waals surface area contributed by atoms with E-state index in [4.69, 9.17) is 4.74 Å². The van der Waals surface area contributed by atoms with Crippen molar-refractivity contribution in [3.8, 4) is 5.75 Å². The molecule has 2 N–H and O–H groups in total. The molecule has 0 heterocycles. The van der Waals surface area contributed by atoms with Gasteiger partial charge >= 0.3 is 0 Å². The van der Waals surface area contributed by atoms with Crippen LogP contribution < -0.4 is 15.4 Å². The van der Waals surface area contributed by atoms with E-state index in [1.165, 1.54) is 24.8 Å². The summed E-state index contributed by atoms with van der Waals surface area (Å²) >= 11 is 0. The van der Waals surface area contributed by atoms with Crippen LogP contribution >= 0.6 is 24.0 Å². The summed E-state index contributed by atoms with van der Waals surface area (Å²) in [6.07, 6.45) is 3.82. The number of ether oxygens (including phenoxy) is 1. The molecule has 1 aromatic rings. The van der Waals surface area contributed by atoms with Gasteiger partial charge in [-0.15, -0.1) is 24.0 Å². The molecule has 0 saturated heterocycles. The highest BCUT2D eigenvalue weighted by atomic mass is 127. The van der Waals surface area contributed by atoms with E-state index in [1.807, 2.05) is 13.1 Å². The van der Waals surface area contributed by atoms with Crippen molar-refractivity contribution in [1.29, 1.82) is 0 Å². The molecule has 0 radical (unpaired) electrons. The molecular formula is C18H30IN3O. The summed E-state index contributed by atoms with van der Waals surface area (Å²) in [5, 5.41) is 7.00. The van der Waals surface area contributed by atoms with Crippen LogP contribution in [0.15, 0.2) is 23.2 Å². The van der Waals surface area contributed by atoms with Crippen molar-refractivity contribution in [2.45, 2.75) is 52.1 Å². The van der Waals surface area contributed by atoms with Gasteiger partial charge in [0.1, 0.15) is 5.75 Å². The Morgan fingerprint density at radius 3 is 2.78 bits per heavy atom. The summed E-state index contributed by atoms with van der Waals surface area (Å²) < 4.78 is 5.48. The average molecular weight is 431 g/mol. The van der Waals surface area contributed by atoms with E-state index in [2.05, 4.69) is 48.5 Å².